The van der Waals surface area contributed by atoms with Gasteiger partial charge in [-0.25, -0.2) is 0 Å². The number of benzene rings is 1. The molecule has 2 aromatic rings. The smallest absolute Gasteiger partial charge is 0.230 e. The average Bonchev–Trinajstić information content (AvgIpc) is 2.46. The average molecular weight is 283 g/mol. The van der Waals surface area contributed by atoms with Crippen molar-refractivity contribution in [2.24, 2.45) is 0 Å². The lowest BCUT2D eigenvalue weighted by molar-refractivity contribution is 0.568. The summed E-state index contributed by atoms with van der Waals surface area (Å²) in [4.78, 5) is 15.5. The van der Waals surface area contributed by atoms with Gasteiger partial charge in [-0.05, 0) is 45.2 Å². The molecule has 0 amide bonds. The minimum absolute atomic E-state index is 0.291. The zero-order valence-corrected chi connectivity index (χ0v) is 12.6. The van der Waals surface area contributed by atoms with Crippen LogP contribution in [0.2, 0.25) is 0 Å². The first-order chi connectivity index (χ1) is 10.1. The lowest BCUT2D eigenvalue weighted by Gasteiger charge is -2.26. The van der Waals surface area contributed by atoms with Gasteiger partial charge in [-0.2, -0.15) is 15.0 Å². The van der Waals surface area contributed by atoms with Gasteiger partial charge in [0.25, 0.3) is 0 Å². The second-order valence-electron chi connectivity index (χ2n) is 5.74. The molecule has 1 saturated heterocycles. The third kappa shape index (κ3) is 3.12. The molecule has 110 valence electrons. The monoisotopic (exact) mass is 283 g/mol. The summed E-state index contributed by atoms with van der Waals surface area (Å²) < 4.78 is 0. The van der Waals surface area contributed by atoms with Crippen molar-refractivity contribution < 1.29 is 0 Å². The van der Waals surface area contributed by atoms with Crippen LogP contribution in [0.3, 0.4) is 0 Å². The first-order valence-electron chi connectivity index (χ1n) is 7.47. The fraction of sp³-hybridized carbons (Fsp3) is 0.438. The minimum Gasteiger partial charge on any atom is -0.368 e. The Bertz CT molecular complexity index is 627. The number of nitrogens with zero attached hydrogens (tertiary/aromatic N) is 4. The van der Waals surface area contributed by atoms with Crippen molar-refractivity contribution >= 4 is 11.9 Å². The minimum atomic E-state index is 0.291. The van der Waals surface area contributed by atoms with Crippen LogP contribution in [-0.4, -0.2) is 28.0 Å². The zero-order chi connectivity index (χ0) is 14.8. The summed E-state index contributed by atoms with van der Waals surface area (Å²) in [6.07, 6.45) is 3.65. The lowest BCUT2D eigenvalue weighted by atomic mass is 10.1. The number of hydrogen-bond donors (Lipinski definition) is 1. The number of aryl methyl sites for hydroxylation is 2. The molecule has 1 aromatic carbocycles. The van der Waals surface area contributed by atoms with Gasteiger partial charge < -0.3 is 10.6 Å². The Hall–Kier alpha value is -2.17. The SMILES string of the molecule is Cc1cc(C)cc(-c2nc(N)nc(N3CCCCC3)n2)c1. The van der Waals surface area contributed by atoms with Gasteiger partial charge in [-0.15, -0.1) is 0 Å². The fourth-order valence-electron chi connectivity index (χ4n) is 2.85. The third-order valence-corrected chi connectivity index (χ3v) is 3.76. The molecular formula is C16H21N5. The van der Waals surface area contributed by atoms with E-state index in [1.165, 1.54) is 30.4 Å². The van der Waals surface area contributed by atoms with Crippen molar-refractivity contribution in [3.05, 3.63) is 29.3 Å². The van der Waals surface area contributed by atoms with Gasteiger partial charge in [-0.3, -0.25) is 0 Å². The fourth-order valence-corrected chi connectivity index (χ4v) is 2.85. The highest BCUT2D eigenvalue weighted by Gasteiger charge is 2.16. The van der Waals surface area contributed by atoms with E-state index in [9.17, 15) is 0 Å². The molecule has 0 radical (unpaired) electrons. The van der Waals surface area contributed by atoms with Gasteiger partial charge in [0.15, 0.2) is 5.82 Å². The van der Waals surface area contributed by atoms with Crippen molar-refractivity contribution in [1.29, 1.82) is 0 Å². The molecule has 3 rings (SSSR count). The van der Waals surface area contributed by atoms with Crippen molar-refractivity contribution in [2.75, 3.05) is 23.7 Å². The highest BCUT2D eigenvalue weighted by atomic mass is 15.3. The normalized spacial score (nSPS) is 15.2. The molecule has 1 aromatic heterocycles. The van der Waals surface area contributed by atoms with Crippen LogP contribution in [0.4, 0.5) is 11.9 Å². The van der Waals surface area contributed by atoms with E-state index >= 15 is 0 Å². The Balaban J connectivity index is 2.00. The Kier molecular flexibility index (Phi) is 3.73. The molecule has 0 saturated carbocycles. The predicted molar refractivity (Wildman–Crippen MR) is 85.2 cm³/mol. The Labute approximate surface area is 125 Å². The molecule has 5 nitrogen and oxygen atoms in total. The molecule has 0 atom stereocenters. The number of aromatic nitrogens is 3. The van der Waals surface area contributed by atoms with E-state index in [0.29, 0.717) is 17.7 Å². The molecule has 0 aliphatic carbocycles. The number of nitrogen functional groups attached to an aromatic ring is 1. The van der Waals surface area contributed by atoms with Crippen molar-refractivity contribution in [1.82, 2.24) is 15.0 Å². The topological polar surface area (TPSA) is 67.9 Å². The molecule has 5 heteroatoms. The van der Waals surface area contributed by atoms with Crippen LogP contribution < -0.4 is 10.6 Å². The number of piperidine rings is 1. The highest BCUT2D eigenvalue weighted by Crippen LogP contribution is 2.23. The second kappa shape index (κ2) is 5.68. The van der Waals surface area contributed by atoms with E-state index in [2.05, 4.69) is 51.9 Å². The van der Waals surface area contributed by atoms with Gasteiger partial charge in [-0.1, -0.05) is 17.2 Å². The Morgan fingerprint density at radius 3 is 2.24 bits per heavy atom. The van der Waals surface area contributed by atoms with Crippen molar-refractivity contribution in [2.45, 2.75) is 33.1 Å². The van der Waals surface area contributed by atoms with E-state index in [1.54, 1.807) is 0 Å². The molecule has 2 heterocycles. The Morgan fingerprint density at radius 2 is 1.57 bits per heavy atom. The first kappa shape index (κ1) is 13.8. The standard InChI is InChI=1S/C16H21N5/c1-11-8-12(2)10-13(9-11)14-18-15(17)20-16(19-14)21-6-4-3-5-7-21/h8-10H,3-7H2,1-2H3,(H2,17,18,19,20). The van der Waals surface area contributed by atoms with Crippen LogP contribution >= 0.6 is 0 Å². The van der Waals surface area contributed by atoms with Gasteiger partial charge in [0.2, 0.25) is 11.9 Å². The van der Waals surface area contributed by atoms with Crippen LogP contribution in [0.5, 0.6) is 0 Å². The maximum Gasteiger partial charge on any atom is 0.230 e. The van der Waals surface area contributed by atoms with Crippen molar-refractivity contribution in [3.63, 3.8) is 0 Å². The molecule has 2 N–H and O–H groups in total. The third-order valence-electron chi connectivity index (χ3n) is 3.76. The molecule has 1 aliphatic heterocycles. The number of nitrogens with two attached hydrogens (primary N) is 1. The van der Waals surface area contributed by atoms with Crippen LogP contribution in [0.1, 0.15) is 30.4 Å². The van der Waals surface area contributed by atoms with Gasteiger partial charge in [0, 0.05) is 18.7 Å². The summed E-state index contributed by atoms with van der Waals surface area (Å²) in [5.41, 5.74) is 9.29. The summed E-state index contributed by atoms with van der Waals surface area (Å²) in [7, 11) is 0. The highest BCUT2D eigenvalue weighted by molar-refractivity contribution is 5.60. The summed E-state index contributed by atoms with van der Waals surface area (Å²) in [6, 6.07) is 6.31. The van der Waals surface area contributed by atoms with E-state index in [1.807, 2.05) is 0 Å². The zero-order valence-electron chi connectivity index (χ0n) is 12.6. The molecule has 21 heavy (non-hydrogen) atoms. The van der Waals surface area contributed by atoms with E-state index in [-0.39, 0.29) is 0 Å². The molecule has 0 bridgehead atoms. The van der Waals surface area contributed by atoms with E-state index in [0.717, 1.165) is 18.7 Å². The predicted octanol–water partition coefficient (Wildman–Crippen LogP) is 2.73. The Morgan fingerprint density at radius 1 is 0.905 bits per heavy atom. The molecule has 0 unspecified atom stereocenters. The lowest BCUT2D eigenvalue weighted by Crippen LogP contribution is -2.31. The molecular weight excluding hydrogens is 262 g/mol. The van der Waals surface area contributed by atoms with Gasteiger partial charge in [0.1, 0.15) is 0 Å². The molecule has 0 spiro atoms. The number of anilines is 2. The van der Waals surface area contributed by atoms with Crippen LogP contribution in [0.25, 0.3) is 11.4 Å². The molecule has 1 aliphatic rings. The van der Waals surface area contributed by atoms with Crippen molar-refractivity contribution in [3.8, 4) is 11.4 Å². The van der Waals surface area contributed by atoms with Gasteiger partial charge >= 0.3 is 0 Å². The maximum absolute atomic E-state index is 5.89. The first-order valence-corrected chi connectivity index (χ1v) is 7.47. The summed E-state index contributed by atoms with van der Waals surface area (Å²) in [5, 5.41) is 0. The summed E-state index contributed by atoms with van der Waals surface area (Å²) in [5.74, 6) is 1.66. The number of rotatable bonds is 2. The largest absolute Gasteiger partial charge is 0.368 e. The maximum atomic E-state index is 5.89. The summed E-state index contributed by atoms with van der Waals surface area (Å²) in [6.45, 7) is 6.14. The van der Waals surface area contributed by atoms with E-state index in [4.69, 9.17) is 5.73 Å². The van der Waals surface area contributed by atoms with Crippen LogP contribution in [-0.2, 0) is 0 Å². The van der Waals surface area contributed by atoms with Crippen LogP contribution in [0, 0.1) is 13.8 Å². The van der Waals surface area contributed by atoms with Gasteiger partial charge in [0.05, 0.1) is 0 Å². The summed E-state index contributed by atoms with van der Waals surface area (Å²) >= 11 is 0. The van der Waals surface area contributed by atoms with Crippen LogP contribution in [0.15, 0.2) is 18.2 Å². The second-order valence-corrected chi connectivity index (χ2v) is 5.74. The molecule has 1 fully saturated rings. The quantitative estimate of drug-likeness (QED) is 0.917. The van der Waals surface area contributed by atoms with E-state index < -0.39 is 0 Å². The number of hydrogen-bond acceptors (Lipinski definition) is 5.